The maximum Gasteiger partial charge on any atom is 0.410 e. The van der Waals surface area contributed by atoms with E-state index in [0.29, 0.717) is 0 Å². The molecule has 0 saturated carbocycles. The lowest BCUT2D eigenvalue weighted by Gasteiger charge is -2.59. The molecular formula is C16H22BrN3O2S. The summed E-state index contributed by atoms with van der Waals surface area (Å²) in [7, 11) is 0. The summed E-state index contributed by atoms with van der Waals surface area (Å²) in [5.74, 6) is 0. The minimum atomic E-state index is -0.423. The van der Waals surface area contributed by atoms with Gasteiger partial charge in [-0.05, 0) is 67.7 Å². The summed E-state index contributed by atoms with van der Waals surface area (Å²) in [5.41, 5.74) is 0.878. The van der Waals surface area contributed by atoms with Gasteiger partial charge in [0.2, 0.25) is 0 Å². The van der Waals surface area contributed by atoms with Crippen molar-refractivity contribution in [2.24, 2.45) is 5.41 Å². The van der Waals surface area contributed by atoms with E-state index < -0.39 is 5.60 Å². The molecule has 2 fully saturated rings. The third-order valence-electron chi connectivity index (χ3n) is 3.96. The number of nitrogens with zero attached hydrogens (tertiary/aromatic N) is 3. The van der Waals surface area contributed by atoms with E-state index in [1.54, 1.807) is 16.8 Å². The molecule has 2 aliphatic heterocycles. The van der Waals surface area contributed by atoms with Crippen molar-refractivity contribution >= 4 is 34.0 Å². The molecule has 3 rings (SSSR count). The monoisotopic (exact) mass is 399 g/mol. The van der Waals surface area contributed by atoms with E-state index >= 15 is 0 Å². The van der Waals surface area contributed by atoms with Crippen molar-refractivity contribution < 1.29 is 9.53 Å². The molecule has 23 heavy (non-hydrogen) atoms. The van der Waals surface area contributed by atoms with Crippen molar-refractivity contribution in [2.75, 3.05) is 26.2 Å². The van der Waals surface area contributed by atoms with Crippen LogP contribution in [0.25, 0.3) is 0 Å². The van der Waals surface area contributed by atoms with Gasteiger partial charge in [-0.25, -0.2) is 14.1 Å². The quantitative estimate of drug-likeness (QED) is 0.560. The zero-order valence-electron chi connectivity index (χ0n) is 13.9. The zero-order chi connectivity index (χ0) is 16.8. The summed E-state index contributed by atoms with van der Waals surface area (Å²) in [4.78, 5) is 19.4. The van der Waals surface area contributed by atoms with Gasteiger partial charge >= 0.3 is 6.09 Å². The molecule has 2 aliphatic rings. The average Bonchev–Trinajstić information content (AvgIpc) is 2.30. The maximum atomic E-state index is 12.0. The van der Waals surface area contributed by atoms with E-state index in [0.717, 1.165) is 36.5 Å². The first kappa shape index (κ1) is 17.0. The van der Waals surface area contributed by atoms with Gasteiger partial charge < -0.3 is 9.64 Å². The van der Waals surface area contributed by atoms with Crippen molar-refractivity contribution in [1.29, 1.82) is 0 Å². The van der Waals surface area contributed by atoms with Gasteiger partial charge in [0.1, 0.15) is 10.2 Å². The molecule has 3 heterocycles. The molecule has 2 saturated heterocycles. The fourth-order valence-electron chi connectivity index (χ4n) is 2.94. The number of likely N-dealkylation sites (tertiary alicyclic amines) is 1. The number of carbonyl (C=O) groups excluding carboxylic acids is 1. The molecule has 7 heteroatoms. The summed E-state index contributed by atoms with van der Waals surface area (Å²) in [6.07, 6.45) is -0.192. The van der Waals surface area contributed by atoms with Crippen molar-refractivity contribution in [3.8, 4) is 0 Å². The number of pyridine rings is 1. The van der Waals surface area contributed by atoms with Crippen LogP contribution in [0.15, 0.2) is 21.6 Å². The van der Waals surface area contributed by atoms with Gasteiger partial charge in [0.25, 0.3) is 0 Å². The Labute approximate surface area is 150 Å². The average molecular weight is 400 g/mol. The van der Waals surface area contributed by atoms with Crippen LogP contribution in [0, 0.1) is 12.3 Å². The summed E-state index contributed by atoms with van der Waals surface area (Å²) in [5, 5.41) is 0. The topological polar surface area (TPSA) is 45.7 Å². The third kappa shape index (κ3) is 3.83. The van der Waals surface area contributed by atoms with E-state index in [1.807, 2.05) is 33.8 Å². The molecule has 1 spiro atoms. The summed E-state index contributed by atoms with van der Waals surface area (Å²) in [6.45, 7) is 11.3. The smallest absolute Gasteiger partial charge is 0.410 e. The molecule has 0 aromatic carbocycles. The molecular weight excluding hydrogens is 378 g/mol. The molecule has 126 valence electrons. The number of hydrogen-bond donors (Lipinski definition) is 0. The highest BCUT2D eigenvalue weighted by Gasteiger charge is 2.54. The van der Waals surface area contributed by atoms with Crippen molar-refractivity contribution in [3.63, 3.8) is 0 Å². The van der Waals surface area contributed by atoms with Crippen LogP contribution in [0.4, 0.5) is 4.79 Å². The Hall–Kier alpha value is -0.790. The van der Waals surface area contributed by atoms with Gasteiger partial charge in [0.15, 0.2) is 0 Å². The Morgan fingerprint density at radius 1 is 1.30 bits per heavy atom. The SMILES string of the molecule is Cc1nc(Br)ccc1SN1CC2(C1)CN(C(=O)OC(C)(C)C)C2. The number of carbonyl (C=O) groups is 1. The Balaban J connectivity index is 1.46. The van der Waals surface area contributed by atoms with Crippen LogP contribution in [-0.4, -0.2) is 52.1 Å². The summed E-state index contributed by atoms with van der Waals surface area (Å²) < 4.78 is 8.61. The minimum absolute atomic E-state index is 0.192. The summed E-state index contributed by atoms with van der Waals surface area (Å²) >= 11 is 5.14. The molecule has 1 aromatic heterocycles. The van der Waals surface area contributed by atoms with Crippen LogP contribution in [-0.2, 0) is 4.74 Å². The minimum Gasteiger partial charge on any atom is -0.444 e. The lowest BCUT2D eigenvalue weighted by atomic mass is 9.75. The van der Waals surface area contributed by atoms with E-state index in [-0.39, 0.29) is 11.5 Å². The second-order valence-corrected chi connectivity index (χ2v) is 9.39. The van der Waals surface area contributed by atoms with Crippen molar-refractivity contribution in [1.82, 2.24) is 14.2 Å². The van der Waals surface area contributed by atoms with Gasteiger partial charge in [-0.2, -0.15) is 0 Å². The van der Waals surface area contributed by atoms with Crippen LogP contribution in [0.1, 0.15) is 26.5 Å². The number of ether oxygens (including phenoxy) is 1. The number of hydrogen-bond acceptors (Lipinski definition) is 5. The molecule has 0 bridgehead atoms. The number of halogens is 1. The Morgan fingerprint density at radius 2 is 1.96 bits per heavy atom. The number of rotatable bonds is 2. The lowest BCUT2D eigenvalue weighted by molar-refractivity contribution is -0.0812. The first-order valence-corrected chi connectivity index (χ1v) is 9.27. The number of aromatic nitrogens is 1. The first-order chi connectivity index (χ1) is 10.7. The zero-order valence-corrected chi connectivity index (χ0v) is 16.3. The number of aryl methyl sites for hydroxylation is 1. The second kappa shape index (κ2) is 5.93. The van der Waals surface area contributed by atoms with Crippen molar-refractivity contribution in [2.45, 2.75) is 38.2 Å². The van der Waals surface area contributed by atoms with Gasteiger partial charge in [-0.3, -0.25) is 0 Å². The highest BCUT2D eigenvalue weighted by Crippen LogP contribution is 2.45. The molecule has 5 nitrogen and oxygen atoms in total. The fraction of sp³-hybridized carbons (Fsp3) is 0.625. The normalized spacial score (nSPS) is 20.1. The highest BCUT2D eigenvalue weighted by molar-refractivity contribution is 9.10. The molecule has 0 aliphatic carbocycles. The standard InChI is InChI=1S/C16H22BrN3O2S/c1-11-12(5-6-13(17)18-11)23-20-9-16(10-20)7-19(8-16)14(21)22-15(2,3)4/h5-6H,7-10H2,1-4H3. The van der Waals surface area contributed by atoms with Gasteiger partial charge in [-0.1, -0.05) is 0 Å². The van der Waals surface area contributed by atoms with E-state index in [9.17, 15) is 4.79 Å². The van der Waals surface area contributed by atoms with Crippen LogP contribution in [0.5, 0.6) is 0 Å². The Kier molecular flexibility index (Phi) is 4.40. The van der Waals surface area contributed by atoms with Gasteiger partial charge in [0.05, 0.1) is 5.69 Å². The number of amides is 1. The van der Waals surface area contributed by atoms with E-state index in [4.69, 9.17) is 4.74 Å². The van der Waals surface area contributed by atoms with Crippen LogP contribution in [0.2, 0.25) is 0 Å². The highest BCUT2D eigenvalue weighted by atomic mass is 79.9. The van der Waals surface area contributed by atoms with Gasteiger partial charge in [-0.15, -0.1) is 0 Å². The van der Waals surface area contributed by atoms with E-state index in [1.165, 1.54) is 4.90 Å². The van der Waals surface area contributed by atoms with Crippen LogP contribution < -0.4 is 0 Å². The fourth-order valence-corrected chi connectivity index (χ4v) is 4.60. The molecule has 0 N–H and O–H groups in total. The summed E-state index contributed by atoms with van der Waals surface area (Å²) in [6, 6.07) is 4.06. The van der Waals surface area contributed by atoms with Crippen LogP contribution in [0.3, 0.4) is 0 Å². The molecule has 0 unspecified atom stereocenters. The van der Waals surface area contributed by atoms with Crippen LogP contribution >= 0.6 is 27.9 Å². The largest absolute Gasteiger partial charge is 0.444 e. The predicted molar refractivity (Wildman–Crippen MR) is 94.3 cm³/mol. The molecule has 1 aromatic rings. The van der Waals surface area contributed by atoms with E-state index in [2.05, 4.69) is 31.3 Å². The Morgan fingerprint density at radius 3 is 2.52 bits per heavy atom. The lowest BCUT2D eigenvalue weighted by Crippen LogP contribution is -2.71. The third-order valence-corrected chi connectivity index (χ3v) is 5.54. The van der Waals surface area contributed by atoms with Gasteiger partial charge in [0, 0.05) is 36.5 Å². The molecule has 0 atom stereocenters. The Bertz CT molecular complexity index is 618. The second-order valence-electron chi connectivity index (χ2n) is 7.44. The molecule has 1 amide bonds. The first-order valence-electron chi connectivity index (χ1n) is 7.70. The van der Waals surface area contributed by atoms with Crippen molar-refractivity contribution in [3.05, 3.63) is 22.4 Å². The predicted octanol–water partition coefficient (Wildman–Crippen LogP) is 3.71. The maximum absolute atomic E-state index is 12.0. The molecule has 0 radical (unpaired) electrons.